The van der Waals surface area contributed by atoms with Gasteiger partial charge < -0.3 is 24.4 Å². The quantitative estimate of drug-likeness (QED) is 0.0812. The Labute approximate surface area is 334 Å². The van der Waals surface area contributed by atoms with Gasteiger partial charge in [-0.05, 0) is 66.2 Å². The summed E-state index contributed by atoms with van der Waals surface area (Å²) < 4.78 is 82.8. The van der Waals surface area contributed by atoms with E-state index < -0.39 is 23.4 Å². The number of carbonyl (C=O) groups is 1. The number of carboxylic acids is 1. The van der Waals surface area contributed by atoms with Crippen LogP contribution < -0.4 is 15.2 Å². The first-order valence-electron chi connectivity index (χ1n) is 17.2. The number of imidazole rings is 1. The topological polar surface area (TPSA) is 79.2 Å². The number of quaternary nitrogens is 1. The Hall–Kier alpha value is -4.37. The van der Waals surface area contributed by atoms with Crippen LogP contribution in [0.25, 0.3) is 5.69 Å². The highest BCUT2D eigenvalue weighted by Gasteiger charge is 2.35. The van der Waals surface area contributed by atoms with Gasteiger partial charge in [0.2, 0.25) is 0 Å². The number of alkyl halides is 3. The molecule has 0 saturated carbocycles. The van der Waals surface area contributed by atoms with E-state index in [2.05, 4.69) is 26.2 Å². The Balaban J connectivity index is 0.000000784. The first-order chi connectivity index (χ1) is 26.3. The molecule has 1 aromatic heterocycles. The second kappa shape index (κ2) is 17.4. The molecule has 4 aromatic carbocycles. The number of aliphatic carboxylic acids is 1. The Bertz CT molecular complexity index is 2140. The summed E-state index contributed by atoms with van der Waals surface area (Å²) in [5.41, 5.74) is 4.03. The molecule has 1 unspecified atom stereocenters. The third-order valence-corrected chi connectivity index (χ3v) is 11.2. The molecule has 0 bridgehead atoms. The minimum Gasteiger partial charge on any atom is -0.542 e. The first-order valence-corrected chi connectivity index (χ1v) is 19.0. The molecule has 56 heavy (non-hydrogen) atoms. The van der Waals surface area contributed by atoms with Crippen molar-refractivity contribution in [3.05, 3.63) is 135 Å². The number of anilines is 1. The van der Waals surface area contributed by atoms with Crippen molar-refractivity contribution in [2.75, 3.05) is 32.6 Å². The second-order valence-corrected chi connectivity index (χ2v) is 15.9. The molecule has 0 aliphatic carbocycles. The molecule has 2 atom stereocenters. The van der Waals surface area contributed by atoms with Crippen molar-refractivity contribution in [2.45, 2.75) is 55.4 Å². The van der Waals surface area contributed by atoms with Crippen molar-refractivity contribution in [1.29, 1.82) is 0 Å². The minimum absolute atomic E-state index is 0.145. The number of nitrogens with zero attached hydrogens (tertiary/aromatic N) is 3. The lowest BCUT2D eigenvalue weighted by atomic mass is 9.81. The minimum atomic E-state index is -5.19. The van der Waals surface area contributed by atoms with Crippen LogP contribution in [-0.4, -0.2) is 59.5 Å². The number of benzene rings is 4. The van der Waals surface area contributed by atoms with Gasteiger partial charge in [-0.2, -0.15) is 13.2 Å². The monoisotopic (exact) mass is 838 g/mol. The summed E-state index contributed by atoms with van der Waals surface area (Å²) in [5.74, 6) is -3.21. The van der Waals surface area contributed by atoms with Crippen molar-refractivity contribution in [2.24, 2.45) is 0 Å². The van der Waals surface area contributed by atoms with Crippen molar-refractivity contribution in [3.63, 3.8) is 0 Å². The van der Waals surface area contributed by atoms with E-state index in [1.54, 1.807) is 37.6 Å². The number of nitrogens with one attached hydrogen (secondary N) is 1. The highest BCUT2D eigenvalue weighted by molar-refractivity contribution is 7.98. The number of hydrogen-bond donors (Lipinski definition) is 1. The van der Waals surface area contributed by atoms with Gasteiger partial charge in [0.25, 0.3) is 0 Å². The number of hydrogen-bond acceptors (Lipinski definition) is 6. The van der Waals surface area contributed by atoms with Crippen molar-refractivity contribution < 1.29 is 45.5 Å². The number of carboxylic acid groups (broad SMARTS) is 1. The van der Waals surface area contributed by atoms with Crippen LogP contribution >= 0.6 is 35.0 Å². The summed E-state index contributed by atoms with van der Waals surface area (Å²) in [6, 6.07) is 21.9. The Kier molecular flexibility index (Phi) is 13.3. The van der Waals surface area contributed by atoms with Crippen molar-refractivity contribution in [3.8, 4) is 11.4 Å². The standard InChI is InChI=1S/C38H38Cl2F3N4OS.C2HF3O2/c1-38(2,25-7-14-32(39)35(17-25)48-4)36-20-44-37(46(36)30-12-10-27(42)11-13-30)49-23-31-33(40)18-29(19-34(31)43)45-28-15-16-47(3,22-28)21-24-5-8-26(41)9-6-24;3-2(4,5)1(6)7/h5-14,17-20,28,45H,15-16,21-23H2,1-4H3;(H,6,7)/q+1;/p-1/t28-,47?;/m0./s1. The van der Waals surface area contributed by atoms with E-state index in [4.69, 9.17) is 42.8 Å². The van der Waals surface area contributed by atoms with Crippen LogP contribution in [0.1, 0.15) is 42.7 Å². The second-order valence-electron chi connectivity index (χ2n) is 14.1. The van der Waals surface area contributed by atoms with Crippen LogP contribution in [0.2, 0.25) is 10.0 Å². The molecule has 1 aliphatic rings. The summed E-state index contributed by atoms with van der Waals surface area (Å²) in [6.07, 6.45) is -2.48. The molecule has 0 spiro atoms. The molecular formula is C40H38Cl2F6N4O3S. The van der Waals surface area contributed by atoms with Crippen LogP contribution in [-0.2, 0) is 22.5 Å². The van der Waals surface area contributed by atoms with E-state index in [1.807, 2.05) is 28.8 Å². The summed E-state index contributed by atoms with van der Waals surface area (Å²) >= 11 is 14.4. The fourth-order valence-electron chi connectivity index (χ4n) is 6.58. The van der Waals surface area contributed by atoms with Gasteiger partial charge in [0, 0.05) is 45.1 Å². The molecule has 1 saturated heterocycles. The Morgan fingerprint density at radius 3 is 2.20 bits per heavy atom. The highest BCUT2D eigenvalue weighted by Crippen LogP contribution is 2.40. The number of methoxy groups -OCH3 is 1. The number of rotatable bonds is 11. The van der Waals surface area contributed by atoms with E-state index >= 15 is 4.39 Å². The van der Waals surface area contributed by atoms with Crippen LogP contribution in [0, 0.1) is 17.5 Å². The summed E-state index contributed by atoms with van der Waals surface area (Å²) in [7, 11) is 3.76. The van der Waals surface area contributed by atoms with Crippen LogP contribution in [0.5, 0.6) is 5.75 Å². The zero-order valence-corrected chi connectivity index (χ0v) is 33.0. The lowest BCUT2D eigenvalue weighted by Gasteiger charge is -2.30. The van der Waals surface area contributed by atoms with Crippen LogP contribution in [0.4, 0.5) is 32.0 Å². The van der Waals surface area contributed by atoms with Gasteiger partial charge >= 0.3 is 6.18 Å². The number of likely N-dealkylation sites (tertiary alicyclic amines) is 1. The van der Waals surface area contributed by atoms with Gasteiger partial charge in [0.05, 0.1) is 50.2 Å². The zero-order chi connectivity index (χ0) is 41.0. The van der Waals surface area contributed by atoms with Gasteiger partial charge in [-0.15, -0.1) is 0 Å². The molecule has 6 rings (SSSR count). The molecule has 2 heterocycles. The van der Waals surface area contributed by atoms with Gasteiger partial charge in [-0.3, -0.25) is 4.57 Å². The zero-order valence-electron chi connectivity index (χ0n) is 30.7. The summed E-state index contributed by atoms with van der Waals surface area (Å²) in [4.78, 5) is 13.5. The van der Waals surface area contributed by atoms with Crippen molar-refractivity contribution in [1.82, 2.24) is 9.55 Å². The van der Waals surface area contributed by atoms with E-state index in [0.29, 0.717) is 32.2 Å². The fourth-order valence-corrected chi connectivity index (χ4v) is 8.16. The highest BCUT2D eigenvalue weighted by atomic mass is 35.5. The van der Waals surface area contributed by atoms with Crippen molar-refractivity contribution >= 4 is 46.6 Å². The van der Waals surface area contributed by atoms with E-state index in [-0.39, 0.29) is 23.4 Å². The molecule has 0 radical (unpaired) electrons. The number of ether oxygens (including phenoxy) is 1. The van der Waals surface area contributed by atoms with Gasteiger partial charge in [0.1, 0.15) is 35.7 Å². The molecule has 298 valence electrons. The normalized spacial score (nSPS) is 17.0. The maximum absolute atomic E-state index is 15.7. The van der Waals surface area contributed by atoms with E-state index in [9.17, 15) is 22.0 Å². The van der Waals surface area contributed by atoms with Gasteiger partial charge in [-0.1, -0.05) is 67.0 Å². The number of halogens is 8. The third-order valence-electron chi connectivity index (χ3n) is 9.57. The van der Waals surface area contributed by atoms with Crippen LogP contribution in [0.3, 0.4) is 0 Å². The Morgan fingerprint density at radius 1 is 0.982 bits per heavy atom. The number of likely N-dealkylation sites (N-methyl/N-ethyl adjacent to an activating group) is 1. The predicted octanol–water partition coefficient (Wildman–Crippen LogP) is 9.35. The maximum atomic E-state index is 15.7. The SMILES string of the molecule is COc1cc(C(C)(C)c2cnc(SCc3c(F)cc(N[C@H]4CC[N+](C)(Cc5ccc(F)cc5)C4)cc3Cl)n2-c2ccc(F)cc2)ccc1Cl.O=C([O-])C(F)(F)F. The molecule has 5 aromatic rings. The fraction of sp³-hybridized carbons (Fsp3) is 0.300. The van der Waals surface area contributed by atoms with Crippen LogP contribution in [0.15, 0.2) is 90.2 Å². The molecule has 16 heteroatoms. The lowest BCUT2D eigenvalue weighted by molar-refractivity contribution is -0.911. The van der Waals surface area contributed by atoms with E-state index in [0.717, 1.165) is 53.0 Å². The molecular weight excluding hydrogens is 801 g/mol. The average molecular weight is 840 g/mol. The molecule has 1 N–H and O–H groups in total. The predicted molar refractivity (Wildman–Crippen MR) is 204 cm³/mol. The number of thioether (sulfide) groups is 1. The average Bonchev–Trinajstić information content (AvgIpc) is 3.72. The lowest BCUT2D eigenvalue weighted by Crippen LogP contribution is -2.42. The number of aromatic nitrogens is 2. The molecule has 1 aliphatic heterocycles. The maximum Gasteiger partial charge on any atom is 0.430 e. The van der Waals surface area contributed by atoms with E-state index in [1.165, 1.54) is 42.1 Å². The molecule has 0 amide bonds. The molecule has 1 fully saturated rings. The first kappa shape index (κ1) is 42.8. The van der Waals surface area contributed by atoms with Gasteiger partial charge in [-0.25, -0.2) is 18.2 Å². The summed E-state index contributed by atoms with van der Waals surface area (Å²) in [6.45, 7) is 6.73. The van der Waals surface area contributed by atoms with Gasteiger partial charge in [0.15, 0.2) is 5.16 Å². The smallest absolute Gasteiger partial charge is 0.430 e. The largest absolute Gasteiger partial charge is 0.542 e. The Morgan fingerprint density at radius 2 is 1.61 bits per heavy atom. The number of carbonyl (C=O) groups excluding carboxylic acids is 1. The summed E-state index contributed by atoms with van der Waals surface area (Å²) in [5, 5.41) is 13.7. The molecule has 7 nitrogen and oxygen atoms in total. The third kappa shape index (κ3) is 10.3.